The normalized spacial score (nSPS) is 21.5. The number of rotatable bonds is 2. The summed E-state index contributed by atoms with van der Waals surface area (Å²) >= 11 is 0. The third-order valence-corrected chi connectivity index (χ3v) is 3.73. The minimum absolute atomic E-state index is 0.0301. The summed E-state index contributed by atoms with van der Waals surface area (Å²) < 4.78 is 22.2. The maximum atomic E-state index is 11.1. The largest absolute Gasteiger partial charge is 0.355 e. The molecule has 1 atom stereocenters. The Balaban J connectivity index is 2.18. The Labute approximate surface area is 101 Å². The third-order valence-electron chi connectivity index (χ3n) is 2.83. The Morgan fingerprint density at radius 2 is 2.18 bits per heavy atom. The number of nitrogens with two attached hydrogens (primary N) is 2. The van der Waals surface area contributed by atoms with Gasteiger partial charge in [0.05, 0.1) is 0 Å². The summed E-state index contributed by atoms with van der Waals surface area (Å²) in [5.41, 5.74) is 5.88. The maximum absolute atomic E-state index is 11.1. The first-order chi connectivity index (χ1) is 7.97. The Morgan fingerprint density at radius 1 is 1.41 bits per heavy atom. The highest BCUT2D eigenvalue weighted by atomic mass is 32.2. The molecule has 7 heteroatoms. The van der Waals surface area contributed by atoms with Gasteiger partial charge >= 0.3 is 0 Å². The lowest BCUT2D eigenvalue weighted by molar-refractivity contribution is 0.503. The number of hydrogen-bond acceptors (Lipinski definition) is 5. The lowest BCUT2D eigenvalue weighted by Crippen LogP contribution is -2.43. The summed E-state index contributed by atoms with van der Waals surface area (Å²) in [5.74, 6) is 0.743. The van der Waals surface area contributed by atoms with E-state index in [1.54, 1.807) is 6.07 Å². The van der Waals surface area contributed by atoms with Crippen molar-refractivity contribution in [1.82, 2.24) is 4.98 Å². The standard InChI is InChI=1S/C10H16N4O2S/c11-8-2-1-5-14(7-8)10-4-3-9(6-13-10)17(12,15)16/h3-4,6,8H,1-2,5,7,11H2,(H2,12,15,16). The lowest BCUT2D eigenvalue weighted by atomic mass is 10.1. The third kappa shape index (κ3) is 2.93. The zero-order valence-corrected chi connectivity index (χ0v) is 10.2. The fourth-order valence-corrected chi connectivity index (χ4v) is 2.40. The van der Waals surface area contributed by atoms with Crippen molar-refractivity contribution in [3.05, 3.63) is 18.3 Å². The first-order valence-corrected chi connectivity index (χ1v) is 7.01. The van der Waals surface area contributed by atoms with Gasteiger partial charge in [-0.2, -0.15) is 0 Å². The van der Waals surface area contributed by atoms with Gasteiger partial charge < -0.3 is 10.6 Å². The number of aromatic nitrogens is 1. The van der Waals surface area contributed by atoms with E-state index < -0.39 is 10.0 Å². The van der Waals surface area contributed by atoms with Crippen molar-refractivity contribution in [2.24, 2.45) is 10.9 Å². The summed E-state index contributed by atoms with van der Waals surface area (Å²) in [6.07, 6.45) is 3.33. The van der Waals surface area contributed by atoms with Crippen molar-refractivity contribution < 1.29 is 8.42 Å². The monoisotopic (exact) mass is 256 g/mol. The van der Waals surface area contributed by atoms with Crippen LogP contribution in [-0.4, -0.2) is 32.5 Å². The van der Waals surface area contributed by atoms with E-state index in [1.165, 1.54) is 12.3 Å². The summed E-state index contributed by atoms with van der Waals surface area (Å²) in [6.45, 7) is 1.65. The highest BCUT2D eigenvalue weighted by Gasteiger charge is 2.18. The van der Waals surface area contributed by atoms with Gasteiger partial charge in [-0.1, -0.05) is 0 Å². The Kier molecular flexibility index (Phi) is 3.32. The van der Waals surface area contributed by atoms with E-state index in [4.69, 9.17) is 10.9 Å². The van der Waals surface area contributed by atoms with Crippen LogP contribution >= 0.6 is 0 Å². The number of pyridine rings is 1. The smallest absolute Gasteiger partial charge is 0.239 e. The van der Waals surface area contributed by atoms with Crippen LogP contribution in [0.15, 0.2) is 23.2 Å². The van der Waals surface area contributed by atoms with E-state index in [9.17, 15) is 8.42 Å². The molecule has 0 amide bonds. The maximum Gasteiger partial charge on any atom is 0.239 e. The van der Waals surface area contributed by atoms with Crippen molar-refractivity contribution in [2.45, 2.75) is 23.8 Å². The molecule has 1 fully saturated rings. The van der Waals surface area contributed by atoms with E-state index in [0.29, 0.717) is 0 Å². The second kappa shape index (κ2) is 4.59. The molecule has 0 bridgehead atoms. The molecule has 4 N–H and O–H groups in total. The van der Waals surface area contributed by atoms with Gasteiger partial charge in [-0.25, -0.2) is 18.5 Å². The molecule has 0 aliphatic carbocycles. The van der Waals surface area contributed by atoms with Crippen molar-refractivity contribution in [3.8, 4) is 0 Å². The molecule has 6 nitrogen and oxygen atoms in total. The zero-order valence-electron chi connectivity index (χ0n) is 9.41. The summed E-state index contributed by atoms with van der Waals surface area (Å²) in [4.78, 5) is 6.20. The summed E-state index contributed by atoms with van der Waals surface area (Å²) in [5, 5.41) is 5.01. The molecule has 1 unspecified atom stereocenters. The second-order valence-electron chi connectivity index (χ2n) is 4.25. The van der Waals surface area contributed by atoms with Gasteiger partial charge in [-0.3, -0.25) is 0 Å². The Morgan fingerprint density at radius 3 is 2.71 bits per heavy atom. The number of nitrogens with zero attached hydrogens (tertiary/aromatic N) is 2. The molecule has 94 valence electrons. The molecule has 0 aromatic carbocycles. The van der Waals surface area contributed by atoms with Crippen LogP contribution in [0.5, 0.6) is 0 Å². The highest BCUT2D eigenvalue weighted by molar-refractivity contribution is 7.89. The minimum atomic E-state index is -3.67. The van der Waals surface area contributed by atoms with E-state index >= 15 is 0 Å². The SMILES string of the molecule is NC1CCCN(c2ccc(S(N)(=O)=O)cn2)C1. The Bertz CT molecular complexity index is 486. The average molecular weight is 256 g/mol. The molecule has 1 saturated heterocycles. The molecular formula is C10H16N4O2S. The molecule has 1 aliphatic rings. The van der Waals surface area contributed by atoms with Crippen LogP contribution in [0.3, 0.4) is 0 Å². The van der Waals surface area contributed by atoms with Crippen LogP contribution in [0, 0.1) is 0 Å². The van der Waals surface area contributed by atoms with Crippen molar-refractivity contribution in [3.63, 3.8) is 0 Å². The van der Waals surface area contributed by atoms with Crippen molar-refractivity contribution >= 4 is 15.8 Å². The van der Waals surface area contributed by atoms with Crippen molar-refractivity contribution in [1.29, 1.82) is 0 Å². The van der Waals surface area contributed by atoms with E-state index in [0.717, 1.165) is 31.7 Å². The fourth-order valence-electron chi connectivity index (χ4n) is 1.95. The highest BCUT2D eigenvalue weighted by Crippen LogP contribution is 2.18. The number of hydrogen-bond donors (Lipinski definition) is 2. The molecule has 2 rings (SSSR count). The number of anilines is 1. The first-order valence-electron chi connectivity index (χ1n) is 5.46. The van der Waals surface area contributed by atoms with E-state index in [1.807, 2.05) is 0 Å². The van der Waals surface area contributed by atoms with Gasteiger partial charge in [0.2, 0.25) is 10.0 Å². The number of primary sulfonamides is 1. The van der Waals surface area contributed by atoms with E-state index in [2.05, 4.69) is 9.88 Å². The van der Waals surface area contributed by atoms with Crippen LogP contribution in [0.1, 0.15) is 12.8 Å². The Hall–Kier alpha value is -1.18. The first kappa shape index (κ1) is 12.3. The fraction of sp³-hybridized carbons (Fsp3) is 0.500. The number of sulfonamides is 1. The molecule has 0 saturated carbocycles. The zero-order chi connectivity index (χ0) is 12.5. The van der Waals surface area contributed by atoms with Gasteiger partial charge in [0.25, 0.3) is 0 Å². The quantitative estimate of drug-likeness (QED) is 0.753. The predicted molar refractivity (Wildman–Crippen MR) is 65.0 cm³/mol. The van der Waals surface area contributed by atoms with Crippen LogP contribution in [0.4, 0.5) is 5.82 Å². The minimum Gasteiger partial charge on any atom is -0.355 e. The lowest BCUT2D eigenvalue weighted by Gasteiger charge is -2.31. The molecule has 0 spiro atoms. The van der Waals surface area contributed by atoms with Crippen LogP contribution in [0.2, 0.25) is 0 Å². The molecule has 0 radical (unpaired) electrons. The summed E-state index contributed by atoms with van der Waals surface area (Å²) in [7, 11) is -3.67. The van der Waals surface area contributed by atoms with Crippen molar-refractivity contribution in [2.75, 3.05) is 18.0 Å². The molecule has 17 heavy (non-hydrogen) atoms. The average Bonchev–Trinajstić information content (AvgIpc) is 2.28. The molecule has 1 aromatic heterocycles. The van der Waals surface area contributed by atoms with Gasteiger partial charge in [0.15, 0.2) is 0 Å². The van der Waals surface area contributed by atoms with Gasteiger partial charge in [0.1, 0.15) is 10.7 Å². The van der Waals surface area contributed by atoms with Gasteiger partial charge in [-0.15, -0.1) is 0 Å². The van der Waals surface area contributed by atoms with Crippen LogP contribution < -0.4 is 15.8 Å². The molecular weight excluding hydrogens is 240 g/mol. The van der Waals surface area contributed by atoms with Gasteiger partial charge in [-0.05, 0) is 25.0 Å². The van der Waals surface area contributed by atoms with Gasteiger partial charge in [0, 0.05) is 25.3 Å². The molecule has 2 heterocycles. The molecule has 1 aliphatic heterocycles. The van der Waals surface area contributed by atoms with E-state index in [-0.39, 0.29) is 10.9 Å². The second-order valence-corrected chi connectivity index (χ2v) is 5.81. The van der Waals surface area contributed by atoms with Crippen LogP contribution in [-0.2, 0) is 10.0 Å². The number of piperidine rings is 1. The summed E-state index contributed by atoms with van der Waals surface area (Å²) in [6, 6.07) is 3.29. The predicted octanol–water partition coefficient (Wildman–Crippen LogP) is -0.343. The molecule has 1 aromatic rings. The van der Waals surface area contributed by atoms with Crippen LogP contribution in [0.25, 0.3) is 0 Å². The topological polar surface area (TPSA) is 102 Å².